The van der Waals surface area contributed by atoms with Gasteiger partial charge in [-0.1, -0.05) is 13.8 Å². The van der Waals surface area contributed by atoms with E-state index in [9.17, 15) is 4.79 Å². The third-order valence-corrected chi connectivity index (χ3v) is 3.71. The van der Waals surface area contributed by atoms with Crippen molar-refractivity contribution in [3.05, 3.63) is 0 Å². The Morgan fingerprint density at radius 2 is 2.06 bits per heavy atom. The third-order valence-electron chi connectivity index (χ3n) is 3.71. The zero-order chi connectivity index (χ0) is 12.9. The molecular formula is C13H26N2O2. The molecule has 1 atom stereocenters. The fraction of sp³-hybridized carbons (Fsp3) is 0.923. The predicted molar refractivity (Wildman–Crippen MR) is 68.6 cm³/mol. The van der Waals surface area contributed by atoms with Crippen LogP contribution >= 0.6 is 0 Å². The average Bonchev–Trinajstić information content (AvgIpc) is 2.29. The number of hydrogen-bond acceptors (Lipinski definition) is 3. The summed E-state index contributed by atoms with van der Waals surface area (Å²) in [4.78, 5) is 11.8. The zero-order valence-corrected chi connectivity index (χ0v) is 11.3. The smallest absolute Gasteiger partial charge is 0.222 e. The van der Waals surface area contributed by atoms with E-state index in [0.29, 0.717) is 24.4 Å². The largest absolute Gasteiger partial charge is 0.380 e. The van der Waals surface area contributed by atoms with Crippen LogP contribution in [0.4, 0.5) is 0 Å². The molecule has 0 aromatic rings. The van der Waals surface area contributed by atoms with Crippen molar-refractivity contribution in [2.75, 3.05) is 13.7 Å². The Bertz CT molecular complexity index is 240. The van der Waals surface area contributed by atoms with Crippen molar-refractivity contribution in [1.82, 2.24) is 5.32 Å². The number of hydrogen-bond donors (Lipinski definition) is 2. The molecule has 1 unspecified atom stereocenters. The minimum Gasteiger partial charge on any atom is -0.380 e. The van der Waals surface area contributed by atoms with E-state index in [0.717, 1.165) is 12.8 Å². The summed E-state index contributed by atoms with van der Waals surface area (Å²) in [5, 5.41) is 3.08. The molecule has 1 fully saturated rings. The van der Waals surface area contributed by atoms with E-state index in [4.69, 9.17) is 10.5 Å². The number of carbonyl (C=O) groups is 1. The highest BCUT2D eigenvalue weighted by Gasteiger charge is 2.27. The molecule has 0 aliphatic heterocycles. The summed E-state index contributed by atoms with van der Waals surface area (Å²) in [6.45, 7) is 4.97. The van der Waals surface area contributed by atoms with Gasteiger partial charge in [-0.2, -0.15) is 0 Å². The van der Waals surface area contributed by atoms with Gasteiger partial charge in [0, 0.05) is 19.7 Å². The van der Waals surface area contributed by atoms with Gasteiger partial charge in [-0.05, 0) is 31.1 Å². The topological polar surface area (TPSA) is 64.3 Å². The molecule has 1 amide bonds. The SMILES string of the molecule is COC(CN)CC(=O)NC1CCC(C)(C)CC1. The Morgan fingerprint density at radius 3 is 2.53 bits per heavy atom. The van der Waals surface area contributed by atoms with Crippen molar-refractivity contribution in [3.63, 3.8) is 0 Å². The standard InChI is InChI=1S/C13H26N2O2/c1-13(2)6-4-10(5-7-13)15-12(16)8-11(9-14)17-3/h10-11H,4-9,14H2,1-3H3,(H,15,16). The number of nitrogens with two attached hydrogens (primary N) is 1. The first-order valence-corrected chi connectivity index (χ1v) is 6.49. The Morgan fingerprint density at radius 1 is 1.47 bits per heavy atom. The Kier molecular flexibility index (Phi) is 5.40. The number of amides is 1. The first-order valence-electron chi connectivity index (χ1n) is 6.49. The molecule has 0 heterocycles. The fourth-order valence-corrected chi connectivity index (χ4v) is 2.30. The molecule has 1 aliphatic rings. The van der Waals surface area contributed by atoms with E-state index in [1.807, 2.05) is 0 Å². The predicted octanol–water partition coefficient (Wildman–Crippen LogP) is 1.44. The second-order valence-corrected chi connectivity index (χ2v) is 5.80. The summed E-state index contributed by atoms with van der Waals surface area (Å²) >= 11 is 0. The van der Waals surface area contributed by atoms with Crippen LogP contribution in [-0.2, 0) is 9.53 Å². The van der Waals surface area contributed by atoms with Crippen LogP contribution in [0.5, 0.6) is 0 Å². The molecule has 4 nitrogen and oxygen atoms in total. The van der Waals surface area contributed by atoms with E-state index >= 15 is 0 Å². The lowest BCUT2D eigenvalue weighted by Crippen LogP contribution is -2.41. The van der Waals surface area contributed by atoms with Crippen molar-refractivity contribution < 1.29 is 9.53 Å². The van der Waals surface area contributed by atoms with Crippen LogP contribution in [0.3, 0.4) is 0 Å². The lowest BCUT2D eigenvalue weighted by atomic mass is 9.75. The highest BCUT2D eigenvalue weighted by Crippen LogP contribution is 2.34. The number of rotatable bonds is 5. The summed E-state index contributed by atoms with van der Waals surface area (Å²) in [5.74, 6) is 0.0620. The summed E-state index contributed by atoms with van der Waals surface area (Å²) in [7, 11) is 1.59. The fourth-order valence-electron chi connectivity index (χ4n) is 2.30. The second-order valence-electron chi connectivity index (χ2n) is 5.80. The lowest BCUT2D eigenvalue weighted by Gasteiger charge is -2.34. The van der Waals surface area contributed by atoms with Crippen molar-refractivity contribution in [1.29, 1.82) is 0 Å². The first-order chi connectivity index (χ1) is 7.96. The molecule has 3 N–H and O–H groups in total. The second kappa shape index (κ2) is 6.36. The van der Waals surface area contributed by atoms with Crippen LogP contribution < -0.4 is 11.1 Å². The quantitative estimate of drug-likeness (QED) is 0.766. The molecule has 0 spiro atoms. The molecule has 4 heteroatoms. The van der Waals surface area contributed by atoms with Gasteiger partial charge in [0.2, 0.25) is 5.91 Å². The number of ether oxygens (including phenoxy) is 1. The number of methoxy groups -OCH3 is 1. The van der Waals surface area contributed by atoms with E-state index in [1.54, 1.807) is 7.11 Å². The minimum atomic E-state index is -0.157. The van der Waals surface area contributed by atoms with Gasteiger partial charge >= 0.3 is 0 Å². The van der Waals surface area contributed by atoms with Crippen LogP contribution in [-0.4, -0.2) is 31.7 Å². The van der Waals surface area contributed by atoms with Gasteiger partial charge in [-0.25, -0.2) is 0 Å². The maximum Gasteiger partial charge on any atom is 0.222 e. The molecule has 100 valence electrons. The van der Waals surface area contributed by atoms with Crippen LogP contribution in [0, 0.1) is 5.41 Å². The van der Waals surface area contributed by atoms with Crippen LogP contribution in [0.25, 0.3) is 0 Å². The highest BCUT2D eigenvalue weighted by atomic mass is 16.5. The summed E-state index contributed by atoms with van der Waals surface area (Å²) < 4.78 is 5.11. The molecule has 0 aromatic heterocycles. The van der Waals surface area contributed by atoms with E-state index in [2.05, 4.69) is 19.2 Å². The van der Waals surface area contributed by atoms with Gasteiger partial charge in [-0.15, -0.1) is 0 Å². The van der Waals surface area contributed by atoms with Crippen LogP contribution in [0.1, 0.15) is 46.0 Å². The molecule has 1 saturated carbocycles. The first kappa shape index (κ1) is 14.5. The Labute approximate surface area is 104 Å². The van der Waals surface area contributed by atoms with Crippen LogP contribution in [0.15, 0.2) is 0 Å². The lowest BCUT2D eigenvalue weighted by molar-refractivity contribution is -0.124. The van der Waals surface area contributed by atoms with Gasteiger partial charge in [0.1, 0.15) is 0 Å². The van der Waals surface area contributed by atoms with E-state index in [1.165, 1.54) is 12.8 Å². The summed E-state index contributed by atoms with van der Waals surface area (Å²) in [6, 6.07) is 0.339. The zero-order valence-electron chi connectivity index (χ0n) is 11.3. The summed E-state index contributed by atoms with van der Waals surface area (Å²) in [6.07, 6.45) is 4.74. The maximum atomic E-state index is 11.8. The summed E-state index contributed by atoms with van der Waals surface area (Å²) in [5.41, 5.74) is 5.93. The molecule has 0 bridgehead atoms. The van der Waals surface area contributed by atoms with Gasteiger partial charge in [0.15, 0.2) is 0 Å². The molecule has 17 heavy (non-hydrogen) atoms. The van der Waals surface area contributed by atoms with Crippen LogP contribution in [0.2, 0.25) is 0 Å². The molecular weight excluding hydrogens is 216 g/mol. The van der Waals surface area contributed by atoms with E-state index in [-0.39, 0.29) is 12.0 Å². The van der Waals surface area contributed by atoms with Crippen molar-refractivity contribution in [2.45, 2.75) is 58.1 Å². The molecule has 0 aromatic carbocycles. The average molecular weight is 242 g/mol. The molecule has 1 rings (SSSR count). The third kappa shape index (κ3) is 5.04. The number of carbonyl (C=O) groups excluding carboxylic acids is 1. The molecule has 0 radical (unpaired) electrons. The Hall–Kier alpha value is -0.610. The van der Waals surface area contributed by atoms with Gasteiger partial charge in [0.25, 0.3) is 0 Å². The van der Waals surface area contributed by atoms with Crippen molar-refractivity contribution in [3.8, 4) is 0 Å². The number of nitrogens with one attached hydrogen (secondary N) is 1. The van der Waals surface area contributed by atoms with Gasteiger partial charge in [0.05, 0.1) is 12.5 Å². The normalized spacial score (nSPS) is 22.1. The Balaban J connectivity index is 2.28. The highest BCUT2D eigenvalue weighted by molar-refractivity contribution is 5.76. The monoisotopic (exact) mass is 242 g/mol. The van der Waals surface area contributed by atoms with Crippen molar-refractivity contribution >= 4 is 5.91 Å². The maximum absolute atomic E-state index is 11.8. The van der Waals surface area contributed by atoms with Gasteiger partial charge < -0.3 is 15.8 Å². The molecule has 1 aliphatic carbocycles. The molecule has 0 saturated heterocycles. The van der Waals surface area contributed by atoms with Gasteiger partial charge in [-0.3, -0.25) is 4.79 Å². The minimum absolute atomic E-state index is 0.0620. The van der Waals surface area contributed by atoms with E-state index < -0.39 is 0 Å². The van der Waals surface area contributed by atoms with Crippen molar-refractivity contribution in [2.24, 2.45) is 11.1 Å².